The first-order valence-corrected chi connectivity index (χ1v) is 7.46. The highest BCUT2D eigenvalue weighted by molar-refractivity contribution is 5.81. The van der Waals surface area contributed by atoms with Crippen LogP contribution in [0.1, 0.15) is 44.4 Å². The maximum Gasteiger partial charge on any atom is 0.138 e. The van der Waals surface area contributed by atoms with Crippen molar-refractivity contribution >= 4 is 5.57 Å². The molecule has 1 aliphatic carbocycles. The predicted molar refractivity (Wildman–Crippen MR) is 87.9 cm³/mol. The molecule has 0 spiro atoms. The zero-order chi connectivity index (χ0) is 15.3. The van der Waals surface area contributed by atoms with Gasteiger partial charge < -0.3 is 5.11 Å². The van der Waals surface area contributed by atoms with Crippen LogP contribution < -0.4 is 0 Å². The van der Waals surface area contributed by atoms with Crippen LogP contribution in [-0.2, 0) is 5.60 Å². The summed E-state index contributed by atoms with van der Waals surface area (Å²) < 4.78 is 0. The lowest BCUT2D eigenvalue weighted by molar-refractivity contribution is 0.103. The van der Waals surface area contributed by atoms with Crippen molar-refractivity contribution in [1.82, 2.24) is 0 Å². The molecule has 0 amide bonds. The zero-order valence-corrected chi connectivity index (χ0v) is 13.1. The van der Waals surface area contributed by atoms with Gasteiger partial charge in [0.05, 0.1) is 0 Å². The van der Waals surface area contributed by atoms with Gasteiger partial charge in [0.25, 0.3) is 0 Å². The number of allylic oxidation sites excluding steroid dienone is 1. The van der Waals surface area contributed by atoms with Crippen molar-refractivity contribution in [1.29, 1.82) is 0 Å². The summed E-state index contributed by atoms with van der Waals surface area (Å²) in [5.41, 5.74) is 4.27. The lowest BCUT2D eigenvalue weighted by Crippen LogP contribution is -2.33. The second kappa shape index (κ2) is 4.57. The number of hydrogen-bond acceptors (Lipinski definition) is 1. The van der Waals surface area contributed by atoms with Crippen LogP contribution in [0.4, 0.5) is 0 Å². The van der Waals surface area contributed by atoms with E-state index in [9.17, 15) is 5.11 Å². The summed E-state index contributed by atoms with van der Waals surface area (Å²) in [6.07, 6.45) is 0. The highest BCUT2D eigenvalue weighted by atomic mass is 16.3. The monoisotopic (exact) mass is 278 g/mol. The van der Waals surface area contributed by atoms with Crippen molar-refractivity contribution in [3.8, 4) is 0 Å². The highest BCUT2D eigenvalue weighted by Gasteiger charge is 2.47. The molecular formula is C20H22O. The zero-order valence-electron chi connectivity index (χ0n) is 13.1. The molecule has 1 aliphatic rings. The molecule has 1 N–H and O–H groups in total. The van der Waals surface area contributed by atoms with Crippen LogP contribution in [0.3, 0.4) is 0 Å². The van der Waals surface area contributed by atoms with Crippen molar-refractivity contribution in [3.05, 3.63) is 76.9 Å². The van der Waals surface area contributed by atoms with E-state index in [1.807, 2.05) is 48.5 Å². The van der Waals surface area contributed by atoms with E-state index in [0.29, 0.717) is 0 Å². The molecule has 108 valence electrons. The molecule has 1 unspecified atom stereocenters. The maximum atomic E-state index is 11.7. The van der Waals surface area contributed by atoms with E-state index in [4.69, 9.17) is 0 Å². The van der Waals surface area contributed by atoms with Gasteiger partial charge in [0.1, 0.15) is 5.60 Å². The SMILES string of the molecule is CC1=C(C(C)(C)C)C(O)(c2ccccc2)c2ccccc21. The van der Waals surface area contributed by atoms with Crippen LogP contribution in [0.15, 0.2) is 60.2 Å². The van der Waals surface area contributed by atoms with Gasteiger partial charge in [-0.3, -0.25) is 0 Å². The van der Waals surface area contributed by atoms with E-state index in [1.165, 1.54) is 5.57 Å². The molecule has 1 heteroatoms. The molecule has 1 nitrogen and oxygen atoms in total. The fourth-order valence-corrected chi connectivity index (χ4v) is 3.75. The van der Waals surface area contributed by atoms with Crippen LogP contribution in [0.2, 0.25) is 0 Å². The Balaban J connectivity index is 2.36. The largest absolute Gasteiger partial charge is 0.376 e. The van der Waals surface area contributed by atoms with Crippen LogP contribution in [-0.4, -0.2) is 5.11 Å². The fourth-order valence-electron chi connectivity index (χ4n) is 3.75. The average molecular weight is 278 g/mol. The minimum absolute atomic E-state index is 0.103. The summed E-state index contributed by atoms with van der Waals surface area (Å²) >= 11 is 0. The molecule has 1 atom stereocenters. The Hall–Kier alpha value is -1.86. The molecule has 0 aliphatic heterocycles. The van der Waals surface area contributed by atoms with E-state index >= 15 is 0 Å². The van der Waals surface area contributed by atoms with E-state index in [0.717, 1.165) is 22.3 Å². The van der Waals surface area contributed by atoms with E-state index < -0.39 is 5.60 Å². The van der Waals surface area contributed by atoms with Gasteiger partial charge in [-0.2, -0.15) is 0 Å². The molecule has 2 aromatic carbocycles. The summed E-state index contributed by atoms with van der Waals surface area (Å²) in [6, 6.07) is 18.2. The third kappa shape index (κ3) is 1.96. The molecule has 3 rings (SSSR count). The second-order valence-corrected chi connectivity index (χ2v) is 6.87. The molecule has 0 bridgehead atoms. The predicted octanol–water partition coefficient (Wildman–Crippen LogP) is 4.76. The first-order valence-electron chi connectivity index (χ1n) is 7.46. The van der Waals surface area contributed by atoms with Gasteiger partial charge in [0, 0.05) is 0 Å². The second-order valence-electron chi connectivity index (χ2n) is 6.87. The lowest BCUT2D eigenvalue weighted by Gasteiger charge is -2.36. The third-order valence-corrected chi connectivity index (χ3v) is 4.40. The number of benzene rings is 2. The number of hydrogen-bond donors (Lipinski definition) is 1. The normalized spacial score (nSPS) is 21.6. The Morgan fingerprint density at radius 3 is 2.05 bits per heavy atom. The molecule has 0 saturated heterocycles. The summed E-state index contributed by atoms with van der Waals surface area (Å²) in [4.78, 5) is 0. The molecule has 0 saturated carbocycles. The van der Waals surface area contributed by atoms with Crippen LogP contribution in [0.25, 0.3) is 5.57 Å². The van der Waals surface area contributed by atoms with Crippen molar-refractivity contribution in [3.63, 3.8) is 0 Å². The number of rotatable bonds is 1. The van der Waals surface area contributed by atoms with Gasteiger partial charge in [-0.05, 0) is 40.2 Å². The van der Waals surface area contributed by atoms with Crippen molar-refractivity contribution in [2.24, 2.45) is 5.41 Å². The molecular weight excluding hydrogens is 256 g/mol. The fraction of sp³-hybridized carbons (Fsp3) is 0.300. The van der Waals surface area contributed by atoms with E-state index in [2.05, 4.69) is 33.8 Å². The van der Waals surface area contributed by atoms with Gasteiger partial charge >= 0.3 is 0 Å². The smallest absolute Gasteiger partial charge is 0.138 e. The van der Waals surface area contributed by atoms with Crippen molar-refractivity contribution in [2.75, 3.05) is 0 Å². The Morgan fingerprint density at radius 2 is 1.43 bits per heavy atom. The van der Waals surface area contributed by atoms with Gasteiger partial charge in [-0.25, -0.2) is 0 Å². The van der Waals surface area contributed by atoms with Gasteiger partial charge in [-0.1, -0.05) is 75.4 Å². The highest BCUT2D eigenvalue weighted by Crippen LogP contribution is 2.54. The van der Waals surface area contributed by atoms with E-state index in [1.54, 1.807) is 0 Å². The quantitative estimate of drug-likeness (QED) is 0.797. The summed E-state index contributed by atoms with van der Waals surface area (Å²) in [5, 5.41) is 11.7. The molecule has 0 radical (unpaired) electrons. The Kier molecular flexibility index (Phi) is 3.07. The topological polar surface area (TPSA) is 20.2 Å². The molecule has 0 heterocycles. The van der Waals surface area contributed by atoms with Gasteiger partial charge in [0.15, 0.2) is 0 Å². The summed E-state index contributed by atoms with van der Waals surface area (Å²) in [5.74, 6) is 0. The van der Waals surface area contributed by atoms with Crippen LogP contribution in [0.5, 0.6) is 0 Å². The number of fused-ring (bicyclic) bond motifs is 1. The first-order chi connectivity index (χ1) is 9.87. The summed E-state index contributed by atoms with van der Waals surface area (Å²) in [7, 11) is 0. The summed E-state index contributed by atoms with van der Waals surface area (Å²) in [6.45, 7) is 8.64. The molecule has 0 fully saturated rings. The molecule has 0 aromatic heterocycles. The van der Waals surface area contributed by atoms with Crippen LogP contribution >= 0.6 is 0 Å². The Bertz CT molecular complexity index is 704. The third-order valence-electron chi connectivity index (χ3n) is 4.40. The Labute approximate surface area is 127 Å². The van der Waals surface area contributed by atoms with E-state index in [-0.39, 0.29) is 5.41 Å². The minimum atomic E-state index is -1.03. The molecule has 21 heavy (non-hydrogen) atoms. The molecule has 2 aromatic rings. The standard InChI is InChI=1S/C20H22O/c1-14-16-12-8-9-13-17(16)20(21,18(14)19(2,3)4)15-10-6-5-7-11-15/h5-13,21H,1-4H3. The lowest BCUT2D eigenvalue weighted by atomic mass is 9.72. The maximum absolute atomic E-state index is 11.7. The minimum Gasteiger partial charge on any atom is -0.376 e. The van der Waals surface area contributed by atoms with Crippen molar-refractivity contribution < 1.29 is 5.11 Å². The van der Waals surface area contributed by atoms with Gasteiger partial charge in [-0.15, -0.1) is 0 Å². The van der Waals surface area contributed by atoms with Crippen molar-refractivity contribution in [2.45, 2.75) is 33.3 Å². The van der Waals surface area contributed by atoms with Crippen LogP contribution in [0, 0.1) is 5.41 Å². The van der Waals surface area contributed by atoms with Gasteiger partial charge in [0.2, 0.25) is 0 Å². The Morgan fingerprint density at radius 1 is 0.857 bits per heavy atom. The number of aliphatic hydroxyl groups is 1. The average Bonchev–Trinajstić information content (AvgIpc) is 2.70. The first kappa shape index (κ1) is 14.1.